The predicted molar refractivity (Wildman–Crippen MR) is 83.0 cm³/mol. The highest BCUT2D eigenvalue weighted by Gasteiger charge is 2.10. The van der Waals surface area contributed by atoms with Gasteiger partial charge in [0.1, 0.15) is 4.47 Å². The first-order valence-electron chi connectivity index (χ1n) is 6.50. The van der Waals surface area contributed by atoms with Crippen LogP contribution < -0.4 is 10.9 Å². The number of nitrogens with zero attached hydrogens (tertiary/aromatic N) is 3. The third-order valence-corrected chi connectivity index (χ3v) is 3.62. The summed E-state index contributed by atoms with van der Waals surface area (Å²) in [6, 6.07) is 5.87. The third kappa shape index (κ3) is 3.45. The lowest BCUT2D eigenvalue weighted by atomic mass is 10.2. The van der Waals surface area contributed by atoms with E-state index in [9.17, 15) is 4.79 Å². The van der Waals surface area contributed by atoms with Crippen molar-refractivity contribution in [2.75, 3.05) is 11.9 Å². The Morgan fingerprint density at radius 1 is 1.40 bits per heavy atom. The molecule has 0 unspecified atom stereocenters. The van der Waals surface area contributed by atoms with E-state index >= 15 is 0 Å². The molecule has 0 radical (unpaired) electrons. The molecule has 1 N–H and O–H groups in total. The maximum Gasteiger partial charge on any atom is 0.283 e. The van der Waals surface area contributed by atoms with Gasteiger partial charge in [0.2, 0.25) is 0 Å². The molecule has 5 nitrogen and oxygen atoms in total. The molecule has 20 heavy (non-hydrogen) atoms. The van der Waals surface area contributed by atoms with Gasteiger partial charge in [-0.3, -0.25) is 9.78 Å². The molecule has 0 fully saturated rings. The fourth-order valence-corrected chi connectivity index (χ4v) is 2.23. The number of halogens is 1. The van der Waals surface area contributed by atoms with E-state index in [1.54, 1.807) is 12.4 Å². The van der Waals surface area contributed by atoms with Gasteiger partial charge in [0, 0.05) is 24.9 Å². The molecule has 0 aliphatic carbocycles. The van der Waals surface area contributed by atoms with Gasteiger partial charge in [-0.05, 0) is 41.9 Å². The van der Waals surface area contributed by atoms with Crippen LogP contribution in [-0.4, -0.2) is 21.3 Å². The molecular formula is C14H17BrN4O. The van der Waals surface area contributed by atoms with Crippen molar-refractivity contribution in [2.24, 2.45) is 0 Å². The summed E-state index contributed by atoms with van der Waals surface area (Å²) in [5, 5.41) is 7.37. The fraction of sp³-hybridized carbons (Fsp3) is 0.357. The van der Waals surface area contributed by atoms with Gasteiger partial charge >= 0.3 is 0 Å². The lowest BCUT2D eigenvalue weighted by Gasteiger charge is -2.12. The molecular weight excluding hydrogens is 320 g/mol. The Morgan fingerprint density at radius 3 is 2.85 bits per heavy atom. The smallest absolute Gasteiger partial charge is 0.283 e. The summed E-state index contributed by atoms with van der Waals surface area (Å²) < 4.78 is 1.97. The van der Waals surface area contributed by atoms with E-state index in [0.29, 0.717) is 16.7 Å². The summed E-state index contributed by atoms with van der Waals surface area (Å²) >= 11 is 3.33. The van der Waals surface area contributed by atoms with Crippen molar-refractivity contribution in [1.29, 1.82) is 0 Å². The monoisotopic (exact) mass is 336 g/mol. The Balaban J connectivity index is 2.04. The number of hydrogen-bond donors (Lipinski definition) is 1. The van der Waals surface area contributed by atoms with E-state index in [1.807, 2.05) is 32.0 Å². The number of anilines is 1. The van der Waals surface area contributed by atoms with Crippen LogP contribution in [0.2, 0.25) is 0 Å². The van der Waals surface area contributed by atoms with E-state index in [1.165, 1.54) is 4.68 Å². The molecule has 0 aliphatic rings. The fourth-order valence-electron chi connectivity index (χ4n) is 1.81. The van der Waals surface area contributed by atoms with Gasteiger partial charge in [-0.1, -0.05) is 6.07 Å². The first-order valence-corrected chi connectivity index (χ1v) is 7.30. The molecule has 2 rings (SSSR count). The second kappa shape index (κ2) is 6.65. The van der Waals surface area contributed by atoms with Crippen LogP contribution in [0.15, 0.2) is 39.9 Å². The lowest BCUT2D eigenvalue weighted by molar-refractivity contribution is 0.501. The number of rotatable bonds is 5. The number of pyridine rings is 1. The minimum atomic E-state index is -0.122. The second-order valence-electron chi connectivity index (χ2n) is 4.71. The largest absolute Gasteiger partial charge is 0.382 e. The molecule has 0 atom stereocenters. The Morgan fingerprint density at radius 2 is 2.20 bits per heavy atom. The Kier molecular flexibility index (Phi) is 4.89. The summed E-state index contributed by atoms with van der Waals surface area (Å²) in [5.74, 6) is 0. The average Bonchev–Trinajstić information content (AvgIpc) is 2.44. The van der Waals surface area contributed by atoms with Crippen LogP contribution in [-0.2, 0) is 6.42 Å². The van der Waals surface area contributed by atoms with E-state index in [-0.39, 0.29) is 11.6 Å². The summed E-state index contributed by atoms with van der Waals surface area (Å²) in [5.41, 5.74) is 1.60. The molecule has 0 spiro atoms. The van der Waals surface area contributed by atoms with E-state index in [4.69, 9.17) is 0 Å². The molecule has 0 aliphatic heterocycles. The van der Waals surface area contributed by atoms with Crippen LogP contribution in [0.3, 0.4) is 0 Å². The van der Waals surface area contributed by atoms with Crippen LogP contribution in [0.4, 0.5) is 5.69 Å². The molecule has 0 amide bonds. The summed E-state index contributed by atoms with van der Waals surface area (Å²) in [7, 11) is 0. The predicted octanol–water partition coefficient (Wildman–Crippen LogP) is 2.64. The van der Waals surface area contributed by atoms with Gasteiger partial charge in [-0.25, -0.2) is 4.68 Å². The quantitative estimate of drug-likeness (QED) is 0.911. The normalized spacial score (nSPS) is 10.8. The highest BCUT2D eigenvalue weighted by atomic mass is 79.9. The molecule has 0 aromatic carbocycles. The zero-order valence-electron chi connectivity index (χ0n) is 11.5. The topological polar surface area (TPSA) is 59.8 Å². The number of hydrogen-bond acceptors (Lipinski definition) is 4. The number of nitrogens with one attached hydrogen (secondary N) is 1. The minimum Gasteiger partial charge on any atom is -0.382 e. The third-order valence-electron chi connectivity index (χ3n) is 2.86. The molecule has 2 heterocycles. The van der Waals surface area contributed by atoms with Gasteiger partial charge in [-0.2, -0.15) is 5.10 Å². The summed E-state index contributed by atoms with van der Waals surface area (Å²) in [4.78, 5) is 16.3. The van der Waals surface area contributed by atoms with Crippen LogP contribution in [0.1, 0.15) is 25.6 Å². The molecule has 0 saturated heterocycles. The van der Waals surface area contributed by atoms with Crippen molar-refractivity contribution >= 4 is 21.6 Å². The molecule has 6 heteroatoms. The summed E-state index contributed by atoms with van der Waals surface area (Å²) in [6.07, 6.45) is 4.24. The average molecular weight is 337 g/mol. The van der Waals surface area contributed by atoms with Crippen LogP contribution in [0.5, 0.6) is 0 Å². The highest BCUT2D eigenvalue weighted by Crippen LogP contribution is 2.17. The van der Waals surface area contributed by atoms with Gasteiger partial charge < -0.3 is 5.32 Å². The molecule has 2 aromatic rings. The Bertz CT molecular complexity index is 625. The maximum absolute atomic E-state index is 12.1. The van der Waals surface area contributed by atoms with Crippen molar-refractivity contribution in [1.82, 2.24) is 14.8 Å². The van der Waals surface area contributed by atoms with Crippen LogP contribution in [0, 0.1) is 0 Å². The Labute approximate surface area is 126 Å². The van der Waals surface area contributed by atoms with Crippen LogP contribution >= 0.6 is 15.9 Å². The maximum atomic E-state index is 12.1. The summed E-state index contributed by atoms with van der Waals surface area (Å²) in [6.45, 7) is 4.55. The SMILES string of the molecule is CC(C)n1ncc(NCCc2ccccn2)c(Br)c1=O. The molecule has 2 aromatic heterocycles. The zero-order chi connectivity index (χ0) is 14.5. The van der Waals surface area contributed by atoms with Crippen molar-refractivity contribution in [3.8, 4) is 0 Å². The van der Waals surface area contributed by atoms with Crippen molar-refractivity contribution < 1.29 is 0 Å². The minimum absolute atomic E-state index is 0.0429. The van der Waals surface area contributed by atoms with Gasteiger partial charge in [0.25, 0.3) is 5.56 Å². The van der Waals surface area contributed by atoms with Gasteiger partial charge in [0.15, 0.2) is 0 Å². The molecule has 0 saturated carbocycles. The van der Waals surface area contributed by atoms with Crippen molar-refractivity contribution in [3.63, 3.8) is 0 Å². The molecule has 106 valence electrons. The highest BCUT2D eigenvalue weighted by molar-refractivity contribution is 9.10. The Hall–Kier alpha value is -1.69. The first kappa shape index (κ1) is 14.7. The van der Waals surface area contributed by atoms with E-state index in [2.05, 4.69) is 31.3 Å². The lowest BCUT2D eigenvalue weighted by Crippen LogP contribution is -2.26. The standard InChI is InChI=1S/C14H17BrN4O/c1-10(2)19-14(20)13(15)12(9-18-19)17-8-6-11-5-3-4-7-16-11/h3-5,7,9-10,17H,6,8H2,1-2H3. The van der Waals surface area contributed by atoms with E-state index in [0.717, 1.165) is 12.1 Å². The van der Waals surface area contributed by atoms with Gasteiger partial charge in [-0.15, -0.1) is 0 Å². The van der Waals surface area contributed by atoms with Gasteiger partial charge in [0.05, 0.1) is 17.9 Å². The van der Waals surface area contributed by atoms with Crippen molar-refractivity contribution in [3.05, 3.63) is 51.1 Å². The first-order chi connectivity index (χ1) is 9.59. The molecule has 0 bridgehead atoms. The zero-order valence-corrected chi connectivity index (χ0v) is 13.1. The van der Waals surface area contributed by atoms with Crippen molar-refractivity contribution in [2.45, 2.75) is 26.3 Å². The second-order valence-corrected chi connectivity index (χ2v) is 5.51. The number of aromatic nitrogens is 3. The van der Waals surface area contributed by atoms with E-state index < -0.39 is 0 Å². The van der Waals surface area contributed by atoms with Crippen LogP contribution in [0.25, 0.3) is 0 Å².